The fraction of sp³-hybridized carbons (Fsp3) is 0.296. The summed E-state index contributed by atoms with van der Waals surface area (Å²) in [6.45, 7) is 17.0. The predicted molar refractivity (Wildman–Crippen MR) is 130 cm³/mol. The van der Waals surface area contributed by atoms with Crippen LogP contribution in [0.2, 0.25) is 0 Å². The van der Waals surface area contributed by atoms with Crippen molar-refractivity contribution >= 4 is 23.8 Å². The molecule has 30 heavy (non-hydrogen) atoms. The summed E-state index contributed by atoms with van der Waals surface area (Å²) in [5.41, 5.74) is 13.6. The molecule has 0 atom stereocenters. The van der Waals surface area contributed by atoms with Crippen LogP contribution in [0.15, 0.2) is 40.3 Å². The summed E-state index contributed by atoms with van der Waals surface area (Å²) in [5.74, 6) is 0. The molecule has 0 saturated carbocycles. The van der Waals surface area contributed by atoms with Crippen molar-refractivity contribution < 1.29 is 0 Å². The standard InChI is InChI=1S/C27H31N3/c1-16-12-17(2)21(6)26(20(16)5)28-14-24-10-9-11-25(30-24)15-29-27-22(7)18(3)13-19(4)23(27)8/h9-15H,1-8H3. The van der Waals surface area contributed by atoms with Gasteiger partial charge in [0, 0.05) is 0 Å². The molecular weight excluding hydrogens is 366 g/mol. The lowest BCUT2D eigenvalue weighted by molar-refractivity contribution is 1.21. The lowest BCUT2D eigenvalue weighted by Crippen LogP contribution is -1.95. The molecule has 3 aromatic rings. The Morgan fingerprint density at radius 1 is 0.567 bits per heavy atom. The zero-order chi connectivity index (χ0) is 22.0. The molecule has 0 aliphatic carbocycles. The van der Waals surface area contributed by atoms with E-state index in [1.165, 1.54) is 44.5 Å². The molecule has 0 spiro atoms. The van der Waals surface area contributed by atoms with Crippen molar-refractivity contribution in [1.29, 1.82) is 0 Å². The van der Waals surface area contributed by atoms with Gasteiger partial charge in [0.05, 0.1) is 35.2 Å². The quantitative estimate of drug-likeness (QED) is 0.435. The van der Waals surface area contributed by atoms with Crippen molar-refractivity contribution in [2.24, 2.45) is 9.98 Å². The Balaban J connectivity index is 1.92. The van der Waals surface area contributed by atoms with E-state index < -0.39 is 0 Å². The number of benzene rings is 2. The monoisotopic (exact) mass is 397 g/mol. The molecule has 0 radical (unpaired) electrons. The van der Waals surface area contributed by atoms with Gasteiger partial charge in [-0.05, 0) is 112 Å². The average molecular weight is 398 g/mol. The zero-order valence-electron chi connectivity index (χ0n) is 19.4. The van der Waals surface area contributed by atoms with Crippen molar-refractivity contribution in [2.45, 2.75) is 55.4 Å². The minimum absolute atomic E-state index is 0.825. The van der Waals surface area contributed by atoms with E-state index >= 15 is 0 Å². The highest BCUT2D eigenvalue weighted by Crippen LogP contribution is 2.30. The number of aromatic nitrogens is 1. The van der Waals surface area contributed by atoms with Gasteiger partial charge < -0.3 is 0 Å². The molecule has 3 heteroatoms. The number of nitrogens with zero attached hydrogens (tertiary/aromatic N) is 3. The van der Waals surface area contributed by atoms with Crippen LogP contribution >= 0.6 is 0 Å². The molecule has 0 bridgehead atoms. The lowest BCUT2D eigenvalue weighted by atomic mass is 9.99. The van der Waals surface area contributed by atoms with E-state index in [0.717, 1.165) is 22.8 Å². The number of pyridine rings is 1. The molecule has 154 valence electrons. The summed E-state index contributed by atoms with van der Waals surface area (Å²) in [4.78, 5) is 14.3. The van der Waals surface area contributed by atoms with Gasteiger partial charge in [-0.1, -0.05) is 18.2 Å². The van der Waals surface area contributed by atoms with Gasteiger partial charge in [0.15, 0.2) is 0 Å². The van der Waals surface area contributed by atoms with Gasteiger partial charge in [0.25, 0.3) is 0 Å². The van der Waals surface area contributed by atoms with E-state index in [4.69, 9.17) is 15.0 Å². The van der Waals surface area contributed by atoms with Crippen LogP contribution < -0.4 is 0 Å². The first-order valence-electron chi connectivity index (χ1n) is 10.4. The highest BCUT2D eigenvalue weighted by atomic mass is 14.8. The van der Waals surface area contributed by atoms with Crippen LogP contribution in [0.5, 0.6) is 0 Å². The second-order valence-electron chi connectivity index (χ2n) is 8.22. The van der Waals surface area contributed by atoms with Crippen LogP contribution in [-0.2, 0) is 0 Å². The third-order valence-electron chi connectivity index (χ3n) is 6.10. The summed E-state index contributed by atoms with van der Waals surface area (Å²) in [6, 6.07) is 10.4. The predicted octanol–water partition coefficient (Wildman–Crippen LogP) is 7.05. The molecule has 3 nitrogen and oxygen atoms in total. The lowest BCUT2D eigenvalue weighted by Gasteiger charge is -2.11. The Bertz CT molecular complexity index is 1030. The van der Waals surface area contributed by atoms with Crippen LogP contribution in [0.25, 0.3) is 0 Å². The molecule has 2 aromatic carbocycles. The SMILES string of the molecule is Cc1cc(C)c(C)c(N=Cc2cccc(C=Nc3c(C)c(C)cc(C)c3C)n2)c1C. The molecule has 0 aliphatic heterocycles. The first-order valence-corrected chi connectivity index (χ1v) is 10.4. The molecule has 0 aliphatic rings. The molecule has 1 heterocycles. The Morgan fingerprint density at radius 3 is 1.23 bits per heavy atom. The minimum atomic E-state index is 0.825. The fourth-order valence-electron chi connectivity index (χ4n) is 3.65. The normalized spacial score (nSPS) is 11.7. The topological polar surface area (TPSA) is 37.6 Å². The first kappa shape index (κ1) is 21.6. The largest absolute Gasteiger partial charge is 0.254 e. The van der Waals surface area contributed by atoms with Crippen molar-refractivity contribution in [3.05, 3.63) is 86.2 Å². The molecule has 0 N–H and O–H groups in total. The van der Waals surface area contributed by atoms with Crippen molar-refractivity contribution in [3.8, 4) is 0 Å². The van der Waals surface area contributed by atoms with E-state index in [-0.39, 0.29) is 0 Å². The van der Waals surface area contributed by atoms with Crippen molar-refractivity contribution in [1.82, 2.24) is 4.98 Å². The molecule has 0 fully saturated rings. The second kappa shape index (κ2) is 8.74. The van der Waals surface area contributed by atoms with E-state index in [9.17, 15) is 0 Å². The maximum atomic E-state index is 4.78. The Morgan fingerprint density at radius 2 is 0.900 bits per heavy atom. The first-order chi connectivity index (χ1) is 14.2. The molecule has 0 amide bonds. The number of rotatable bonds is 4. The Kier molecular flexibility index (Phi) is 6.31. The third kappa shape index (κ3) is 4.40. The molecule has 1 aromatic heterocycles. The summed E-state index contributed by atoms with van der Waals surface area (Å²) in [5, 5.41) is 0. The van der Waals surface area contributed by atoms with Crippen LogP contribution in [0, 0.1) is 55.4 Å². The molecular formula is C27H31N3. The van der Waals surface area contributed by atoms with Crippen molar-refractivity contribution in [2.75, 3.05) is 0 Å². The van der Waals surface area contributed by atoms with Gasteiger partial charge in [0.1, 0.15) is 0 Å². The van der Waals surface area contributed by atoms with Crippen LogP contribution in [-0.4, -0.2) is 17.4 Å². The molecule has 3 rings (SSSR count). The van der Waals surface area contributed by atoms with E-state index in [1.807, 2.05) is 30.6 Å². The average Bonchev–Trinajstić information content (AvgIpc) is 2.71. The summed E-state index contributed by atoms with van der Waals surface area (Å²) >= 11 is 0. The summed E-state index contributed by atoms with van der Waals surface area (Å²) in [7, 11) is 0. The van der Waals surface area contributed by atoms with E-state index in [2.05, 4.69) is 67.5 Å². The van der Waals surface area contributed by atoms with Gasteiger partial charge in [-0.2, -0.15) is 0 Å². The Labute approximate surface area is 180 Å². The van der Waals surface area contributed by atoms with Crippen LogP contribution in [0.1, 0.15) is 55.9 Å². The van der Waals surface area contributed by atoms with Crippen LogP contribution in [0.4, 0.5) is 11.4 Å². The smallest absolute Gasteiger partial charge is 0.0820 e. The van der Waals surface area contributed by atoms with Gasteiger partial charge >= 0.3 is 0 Å². The number of aliphatic imine (C=N–C) groups is 2. The van der Waals surface area contributed by atoms with Gasteiger partial charge in [-0.15, -0.1) is 0 Å². The maximum Gasteiger partial charge on any atom is 0.0820 e. The minimum Gasteiger partial charge on any atom is -0.254 e. The summed E-state index contributed by atoms with van der Waals surface area (Å²) < 4.78 is 0. The fourth-order valence-corrected chi connectivity index (χ4v) is 3.65. The second-order valence-corrected chi connectivity index (χ2v) is 8.22. The maximum absolute atomic E-state index is 4.78. The highest BCUT2D eigenvalue weighted by molar-refractivity contribution is 5.85. The van der Waals surface area contributed by atoms with E-state index in [1.54, 1.807) is 0 Å². The van der Waals surface area contributed by atoms with E-state index in [0.29, 0.717) is 0 Å². The number of hydrogen-bond acceptors (Lipinski definition) is 3. The Hall–Kier alpha value is -3.07. The number of aryl methyl sites for hydroxylation is 4. The van der Waals surface area contributed by atoms with Crippen LogP contribution in [0.3, 0.4) is 0 Å². The van der Waals surface area contributed by atoms with Gasteiger partial charge in [0.2, 0.25) is 0 Å². The summed E-state index contributed by atoms with van der Waals surface area (Å²) in [6.07, 6.45) is 3.69. The van der Waals surface area contributed by atoms with Crippen molar-refractivity contribution in [3.63, 3.8) is 0 Å². The van der Waals surface area contributed by atoms with Gasteiger partial charge in [-0.25, -0.2) is 4.98 Å². The number of hydrogen-bond donors (Lipinski definition) is 0. The van der Waals surface area contributed by atoms with Gasteiger partial charge in [-0.3, -0.25) is 9.98 Å². The molecule has 0 saturated heterocycles. The zero-order valence-corrected chi connectivity index (χ0v) is 19.4. The third-order valence-corrected chi connectivity index (χ3v) is 6.10. The molecule has 0 unspecified atom stereocenters. The highest BCUT2D eigenvalue weighted by Gasteiger charge is 2.08.